The molecule has 0 aliphatic heterocycles. The first-order valence-electron chi connectivity index (χ1n) is 5.17. The summed E-state index contributed by atoms with van der Waals surface area (Å²) in [6, 6.07) is 10.3. The van der Waals surface area contributed by atoms with E-state index in [1.807, 2.05) is 37.3 Å². The summed E-state index contributed by atoms with van der Waals surface area (Å²) in [7, 11) is 0. The zero-order valence-electron chi connectivity index (χ0n) is 9.02. The second-order valence-corrected chi connectivity index (χ2v) is 3.36. The Kier molecular flexibility index (Phi) is 5.16. The van der Waals surface area contributed by atoms with E-state index < -0.39 is 0 Å². The molecule has 0 radical (unpaired) electrons. The fourth-order valence-corrected chi connectivity index (χ4v) is 1.46. The summed E-state index contributed by atoms with van der Waals surface area (Å²) < 4.78 is 0. The molecule has 0 unspecified atom stereocenters. The molecule has 1 aromatic rings. The average molecular weight is 200 g/mol. The Labute approximate surface area is 91.1 Å². The Morgan fingerprint density at radius 2 is 2.00 bits per heavy atom. The topological polar surface area (TPSA) is 17.1 Å². The maximum atomic E-state index is 10.4. The number of hydrogen-bond donors (Lipinski definition) is 0. The van der Waals surface area contributed by atoms with E-state index in [1.54, 1.807) is 6.08 Å². The van der Waals surface area contributed by atoms with Crippen LogP contribution in [0.5, 0.6) is 0 Å². The maximum Gasteiger partial charge on any atom is 0.143 e. The predicted octanol–water partition coefficient (Wildman–Crippen LogP) is 3.32. The van der Waals surface area contributed by atoms with Gasteiger partial charge in [0.15, 0.2) is 0 Å². The highest BCUT2D eigenvalue weighted by atomic mass is 16.1. The van der Waals surface area contributed by atoms with Crippen LogP contribution in [-0.4, -0.2) is 6.29 Å². The van der Waals surface area contributed by atoms with Crippen LogP contribution in [0.3, 0.4) is 0 Å². The van der Waals surface area contributed by atoms with Crippen LogP contribution in [0, 0.1) is 0 Å². The number of carbonyl (C=O) groups excluding carboxylic acids is 1. The fourth-order valence-electron chi connectivity index (χ4n) is 1.46. The Morgan fingerprint density at radius 3 is 2.60 bits per heavy atom. The molecular formula is C14H16O. The van der Waals surface area contributed by atoms with Crippen LogP contribution in [0.25, 0.3) is 0 Å². The average Bonchev–Trinajstić information content (AvgIpc) is 2.28. The molecule has 0 aromatic heterocycles. The Hall–Kier alpha value is -1.63. The largest absolute Gasteiger partial charge is 0.299 e. The smallest absolute Gasteiger partial charge is 0.143 e. The molecule has 0 heterocycles. The van der Waals surface area contributed by atoms with Gasteiger partial charge in [-0.3, -0.25) is 4.79 Å². The van der Waals surface area contributed by atoms with Gasteiger partial charge in [0.2, 0.25) is 0 Å². The molecule has 1 aromatic carbocycles. The highest BCUT2D eigenvalue weighted by Gasteiger charge is 1.94. The molecule has 0 aliphatic rings. The quantitative estimate of drug-likeness (QED) is 0.405. The van der Waals surface area contributed by atoms with Crippen molar-refractivity contribution in [3.8, 4) is 0 Å². The van der Waals surface area contributed by atoms with Gasteiger partial charge >= 0.3 is 0 Å². The predicted molar refractivity (Wildman–Crippen MR) is 63.7 cm³/mol. The van der Waals surface area contributed by atoms with E-state index in [-0.39, 0.29) is 0 Å². The van der Waals surface area contributed by atoms with Crippen molar-refractivity contribution >= 4 is 6.29 Å². The minimum absolute atomic E-state index is 0.848. The van der Waals surface area contributed by atoms with Crippen LogP contribution in [0.2, 0.25) is 0 Å². The van der Waals surface area contributed by atoms with Gasteiger partial charge in [0.25, 0.3) is 0 Å². The van der Waals surface area contributed by atoms with Crippen molar-refractivity contribution < 1.29 is 4.79 Å². The number of aldehydes is 1. The van der Waals surface area contributed by atoms with Gasteiger partial charge in [-0.2, -0.15) is 0 Å². The van der Waals surface area contributed by atoms with Crippen LogP contribution in [-0.2, 0) is 11.2 Å². The highest BCUT2D eigenvalue weighted by Crippen LogP contribution is 2.09. The first kappa shape index (κ1) is 11.4. The first-order chi connectivity index (χ1) is 7.36. The molecule has 1 rings (SSSR count). The van der Waals surface area contributed by atoms with Crippen molar-refractivity contribution in [2.24, 2.45) is 0 Å². The lowest BCUT2D eigenvalue weighted by molar-refractivity contribution is -0.104. The SMILES string of the molecule is C/C=C\C(=C/C=O)CCc1ccccc1. The fraction of sp³-hybridized carbons (Fsp3) is 0.214. The number of hydrogen-bond acceptors (Lipinski definition) is 1. The molecule has 0 bridgehead atoms. The summed E-state index contributed by atoms with van der Waals surface area (Å²) in [5.74, 6) is 0. The normalized spacial score (nSPS) is 11.9. The van der Waals surface area contributed by atoms with Gasteiger partial charge in [-0.1, -0.05) is 42.5 Å². The Bertz CT molecular complexity index is 347. The lowest BCUT2D eigenvalue weighted by Gasteiger charge is -2.01. The minimum Gasteiger partial charge on any atom is -0.299 e. The monoisotopic (exact) mass is 200 g/mol. The Balaban J connectivity index is 2.55. The summed E-state index contributed by atoms with van der Waals surface area (Å²) in [4.78, 5) is 10.4. The van der Waals surface area contributed by atoms with Crippen molar-refractivity contribution in [2.75, 3.05) is 0 Å². The summed E-state index contributed by atoms with van der Waals surface area (Å²) in [5.41, 5.74) is 2.38. The van der Waals surface area contributed by atoms with E-state index in [0.717, 1.165) is 24.7 Å². The van der Waals surface area contributed by atoms with Crippen molar-refractivity contribution in [3.63, 3.8) is 0 Å². The van der Waals surface area contributed by atoms with Crippen molar-refractivity contribution in [2.45, 2.75) is 19.8 Å². The second-order valence-electron chi connectivity index (χ2n) is 3.36. The number of allylic oxidation sites excluding steroid dienone is 4. The van der Waals surface area contributed by atoms with E-state index in [2.05, 4.69) is 12.1 Å². The van der Waals surface area contributed by atoms with Gasteiger partial charge in [-0.05, 0) is 37.0 Å². The molecule has 0 N–H and O–H groups in total. The van der Waals surface area contributed by atoms with E-state index in [0.29, 0.717) is 0 Å². The number of benzene rings is 1. The van der Waals surface area contributed by atoms with Crippen molar-refractivity contribution in [1.82, 2.24) is 0 Å². The zero-order valence-corrected chi connectivity index (χ0v) is 9.02. The summed E-state index contributed by atoms with van der Waals surface area (Å²) in [6.45, 7) is 1.96. The van der Waals surface area contributed by atoms with Crippen molar-refractivity contribution in [3.05, 3.63) is 59.7 Å². The molecule has 0 spiro atoms. The van der Waals surface area contributed by atoms with E-state index in [9.17, 15) is 4.79 Å². The van der Waals surface area contributed by atoms with Gasteiger partial charge in [-0.15, -0.1) is 0 Å². The molecule has 0 saturated heterocycles. The molecular weight excluding hydrogens is 184 g/mol. The number of aryl methyl sites for hydroxylation is 1. The van der Waals surface area contributed by atoms with Gasteiger partial charge in [0.1, 0.15) is 6.29 Å². The molecule has 78 valence electrons. The third kappa shape index (κ3) is 4.41. The van der Waals surface area contributed by atoms with Crippen LogP contribution >= 0.6 is 0 Å². The number of rotatable bonds is 5. The molecule has 0 saturated carbocycles. The van der Waals surface area contributed by atoms with Crippen LogP contribution < -0.4 is 0 Å². The van der Waals surface area contributed by atoms with Gasteiger partial charge in [0.05, 0.1) is 0 Å². The van der Waals surface area contributed by atoms with Gasteiger partial charge in [0, 0.05) is 0 Å². The highest BCUT2D eigenvalue weighted by molar-refractivity contribution is 5.67. The molecule has 0 atom stereocenters. The minimum atomic E-state index is 0.848. The molecule has 0 aliphatic carbocycles. The first-order valence-corrected chi connectivity index (χ1v) is 5.17. The zero-order chi connectivity index (χ0) is 10.9. The lowest BCUT2D eigenvalue weighted by atomic mass is 10.0. The van der Waals surface area contributed by atoms with E-state index >= 15 is 0 Å². The summed E-state index contributed by atoms with van der Waals surface area (Å²) in [5, 5.41) is 0. The van der Waals surface area contributed by atoms with Crippen LogP contribution in [0.4, 0.5) is 0 Å². The molecule has 15 heavy (non-hydrogen) atoms. The van der Waals surface area contributed by atoms with Crippen LogP contribution in [0.15, 0.2) is 54.1 Å². The van der Waals surface area contributed by atoms with Gasteiger partial charge in [-0.25, -0.2) is 0 Å². The van der Waals surface area contributed by atoms with E-state index in [4.69, 9.17) is 0 Å². The molecule has 1 nitrogen and oxygen atoms in total. The molecule has 0 fully saturated rings. The standard InChI is InChI=1S/C14H16O/c1-2-6-13(11-12-15)9-10-14-7-4-3-5-8-14/h2-8,11-12H,9-10H2,1H3/b6-2-,13-11+. The molecule has 1 heteroatoms. The summed E-state index contributed by atoms with van der Waals surface area (Å²) >= 11 is 0. The van der Waals surface area contributed by atoms with Gasteiger partial charge < -0.3 is 0 Å². The third-order valence-corrected chi connectivity index (χ3v) is 2.21. The van der Waals surface area contributed by atoms with E-state index in [1.165, 1.54) is 5.56 Å². The number of carbonyl (C=O) groups is 1. The van der Waals surface area contributed by atoms with Crippen LogP contribution in [0.1, 0.15) is 18.9 Å². The Morgan fingerprint density at radius 1 is 1.27 bits per heavy atom. The molecule has 0 amide bonds. The van der Waals surface area contributed by atoms with Crippen molar-refractivity contribution in [1.29, 1.82) is 0 Å². The third-order valence-electron chi connectivity index (χ3n) is 2.21. The summed E-state index contributed by atoms with van der Waals surface area (Å²) in [6.07, 6.45) is 8.30. The second kappa shape index (κ2) is 6.77. The lowest BCUT2D eigenvalue weighted by Crippen LogP contribution is -1.87. The maximum absolute atomic E-state index is 10.4.